The Hall–Kier alpha value is -2.43. The minimum absolute atomic E-state index is 0.0128. The molecule has 3 aromatic rings. The molecule has 1 aliphatic heterocycles. The molecule has 1 atom stereocenters. The largest absolute Gasteiger partial charge is 0.394 e. The average molecular weight is 367 g/mol. The smallest absolute Gasteiger partial charge is 0.254 e. The number of halogens is 1. The summed E-state index contributed by atoms with van der Waals surface area (Å²) in [6.07, 6.45) is 1.74. The summed E-state index contributed by atoms with van der Waals surface area (Å²) in [6.45, 7) is 0.649. The first-order valence-corrected chi connectivity index (χ1v) is 9.13. The predicted molar refractivity (Wildman–Crippen MR) is 103 cm³/mol. The van der Waals surface area contributed by atoms with E-state index in [1.807, 2.05) is 42.5 Å². The lowest BCUT2D eigenvalue weighted by Gasteiger charge is -2.24. The fourth-order valence-corrected chi connectivity index (χ4v) is 3.75. The van der Waals surface area contributed by atoms with E-state index in [1.54, 1.807) is 17.0 Å². The van der Waals surface area contributed by atoms with Crippen molar-refractivity contribution in [3.8, 4) is 11.3 Å². The molecule has 0 unspecified atom stereocenters. The number of nitrogens with zero attached hydrogens (tertiary/aromatic N) is 2. The Morgan fingerprint density at radius 1 is 1.19 bits per heavy atom. The first-order chi connectivity index (χ1) is 12.7. The van der Waals surface area contributed by atoms with Crippen LogP contribution in [-0.2, 0) is 0 Å². The molecule has 1 aliphatic rings. The summed E-state index contributed by atoms with van der Waals surface area (Å²) in [5, 5.41) is 10.9. The van der Waals surface area contributed by atoms with Crippen LogP contribution < -0.4 is 0 Å². The topological polar surface area (TPSA) is 53.4 Å². The highest BCUT2D eigenvalue weighted by Gasteiger charge is 2.30. The monoisotopic (exact) mass is 366 g/mol. The van der Waals surface area contributed by atoms with Crippen LogP contribution in [0.5, 0.6) is 0 Å². The molecule has 1 fully saturated rings. The molecule has 1 N–H and O–H groups in total. The maximum Gasteiger partial charge on any atom is 0.254 e. The van der Waals surface area contributed by atoms with Crippen LogP contribution in [-0.4, -0.2) is 40.1 Å². The van der Waals surface area contributed by atoms with Gasteiger partial charge in [-0.1, -0.05) is 41.9 Å². The Labute approximate surface area is 157 Å². The summed E-state index contributed by atoms with van der Waals surface area (Å²) in [6, 6.07) is 16.9. The molecule has 5 heteroatoms. The number of pyridine rings is 1. The number of hydrogen-bond acceptors (Lipinski definition) is 3. The number of carbonyl (C=O) groups excluding carboxylic acids is 1. The second-order valence-corrected chi connectivity index (χ2v) is 7.00. The molecule has 0 saturated carbocycles. The van der Waals surface area contributed by atoms with Gasteiger partial charge in [0.15, 0.2) is 0 Å². The summed E-state index contributed by atoms with van der Waals surface area (Å²) >= 11 is 6.18. The van der Waals surface area contributed by atoms with Gasteiger partial charge in [-0.05, 0) is 37.1 Å². The summed E-state index contributed by atoms with van der Waals surface area (Å²) in [7, 11) is 0. The van der Waals surface area contributed by atoms with Crippen molar-refractivity contribution in [2.45, 2.75) is 18.9 Å². The van der Waals surface area contributed by atoms with E-state index in [2.05, 4.69) is 0 Å². The van der Waals surface area contributed by atoms with Crippen LogP contribution in [0.2, 0.25) is 5.02 Å². The van der Waals surface area contributed by atoms with Gasteiger partial charge in [-0.25, -0.2) is 4.98 Å². The van der Waals surface area contributed by atoms with Crippen LogP contribution >= 0.6 is 11.6 Å². The Balaban J connectivity index is 1.88. The van der Waals surface area contributed by atoms with E-state index in [-0.39, 0.29) is 18.6 Å². The first kappa shape index (κ1) is 17.0. The predicted octanol–water partition coefficient (Wildman–Crippen LogP) is 4.15. The highest BCUT2D eigenvalue weighted by atomic mass is 35.5. The minimum Gasteiger partial charge on any atom is -0.394 e. The van der Waals surface area contributed by atoms with Crippen molar-refractivity contribution in [3.63, 3.8) is 0 Å². The molecule has 0 radical (unpaired) electrons. The SMILES string of the molecule is O=C(c1cc(-c2ccccc2)nc2ccc(Cl)cc12)N1CCC[C@H]1CO. The highest BCUT2D eigenvalue weighted by molar-refractivity contribution is 6.31. The van der Waals surface area contributed by atoms with Gasteiger partial charge in [-0.15, -0.1) is 0 Å². The van der Waals surface area contributed by atoms with Crippen molar-refractivity contribution in [3.05, 3.63) is 65.2 Å². The number of aliphatic hydroxyl groups is 1. The van der Waals surface area contributed by atoms with Gasteiger partial charge >= 0.3 is 0 Å². The van der Waals surface area contributed by atoms with Gasteiger partial charge in [-0.3, -0.25) is 4.79 Å². The number of aliphatic hydroxyl groups excluding tert-OH is 1. The van der Waals surface area contributed by atoms with Gasteiger partial charge in [0.2, 0.25) is 0 Å². The fraction of sp³-hybridized carbons (Fsp3) is 0.238. The highest BCUT2D eigenvalue weighted by Crippen LogP contribution is 2.29. The number of carbonyl (C=O) groups is 1. The van der Waals surface area contributed by atoms with E-state index in [0.717, 1.165) is 35.0 Å². The van der Waals surface area contributed by atoms with Gasteiger partial charge < -0.3 is 10.0 Å². The van der Waals surface area contributed by atoms with Crippen LogP contribution in [0.15, 0.2) is 54.6 Å². The van der Waals surface area contributed by atoms with Crippen LogP contribution in [0.1, 0.15) is 23.2 Å². The summed E-state index contributed by atoms with van der Waals surface area (Å²) < 4.78 is 0. The van der Waals surface area contributed by atoms with Gasteiger partial charge in [0.05, 0.1) is 29.4 Å². The van der Waals surface area contributed by atoms with E-state index in [0.29, 0.717) is 17.1 Å². The van der Waals surface area contributed by atoms with Crippen molar-refractivity contribution in [2.24, 2.45) is 0 Å². The van der Waals surface area contributed by atoms with E-state index in [1.165, 1.54) is 0 Å². The van der Waals surface area contributed by atoms with Crippen LogP contribution in [0.25, 0.3) is 22.2 Å². The van der Waals surface area contributed by atoms with Crippen LogP contribution in [0.3, 0.4) is 0 Å². The van der Waals surface area contributed by atoms with Crippen molar-refractivity contribution < 1.29 is 9.90 Å². The molecule has 2 heterocycles. The van der Waals surface area contributed by atoms with Gasteiger partial charge in [0.1, 0.15) is 0 Å². The number of fused-ring (bicyclic) bond motifs is 1. The maximum atomic E-state index is 13.3. The van der Waals surface area contributed by atoms with Gasteiger partial charge in [0.25, 0.3) is 5.91 Å². The van der Waals surface area contributed by atoms with Gasteiger partial charge in [-0.2, -0.15) is 0 Å². The fourth-order valence-electron chi connectivity index (χ4n) is 3.58. The molecule has 26 heavy (non-hydrogen) atoms. The third kappa shape index (κ3) is 3.06. The first-order valence-electron chi connectivity index (χ1n) is 8.75. The Morgan fingerprint density at radius 2 is 2.00 bits per heavy atom. The Bertz CT molecular complexity index is 959. The van der Waals surface area contributed by atoms with Crippen LogP contribution in [0.4, 0.5) is 0 Å². The lowest BCUT2D eigenvalue weighted by molar-refractivity contribution is 0.0679. The summed E-state index contributed by atoms with van der Waals surface area (Å²) in [5.74, 6) is -0.0756. The molecular formula is C21H19ClN2O2. The molecule has 0 aliphatic carbocycles. The van der Waals surface area contributed by atoms with E-state index in [4.69, 9.17) is 16.6 Å². The zero-order chi connectivity index (χ0) is 18.1. The van der Waals surface area contributed by atoms with E-state index in [9.17, 15) is 9.90 Å². The molecule has 132 valence electrons. The molecule has 2 aromatic carbocycles. The summed E-state index contributed by atoms with van der Waals surface area (Å²) in [5.41, 5.74) is 3.03. The quantitative estimate of drug-likeness (QED) is 0.757. The Morgan fingerprint density at radius 3 is 2.77 bits per heavy atom. The zero-order valence-corrected chi connectivity index (χ0v) is 15.0. The van der Waals surface area contributed by atoms with Crippen molar-refractivity contribution in [2.75, 3.05) is 13.2 Å². The number of likely N-dealkylation sites (tertiary alicyclic amines) is 1. The second-order valence-electron chi connectivity index (χ2n) is 6.56. The van der Waals surface area contributed by atoms with Crippen molar-refractivity contribution >= 4 is 28.4 Å². The molecule has 0 spiro atoms. The second kappa shape index (κ2) is 7.06. The maximum absolute atomic E-state index is 13.3. The third-order valence-corrected chi connectivity index (χ3v) is 5.15. The minimum atomic E-state index is -0.120. The van der Waals surface area contributed by atoms with Crippen LogP contribution in [0, 0.1) is 0 Å². The van der Waals surface area contributed by atoms with E-state index < -0.39 is 0 Å². The molecule has 1 saturated heterocycles. The lowest BCUT2D eigenvalue weighted by Crippen LogP contribution is -2.37. The molecule has 4 rings (SSSR count). The number of benzene rings is 2. The third-order valence-electron chi connectivity index (χ3n) is 4.92. The molecular weight excluding hydrogens is 348 g/mol. The number of aromatic nitrogens is 1. The molecule has 0 bridgehead atoms. The molecule has 1 amide bonds. The molecule has 1 aromatic heterocycles. The Kier molecular flexibility index (Phi) is 4.62. The van der Waals surface area contributed by atoms with Gasteiger partial charge in [0, 0.05) is 22.5 Å². The lowest BCUT2D eigenvalue weighted by atomic mass is 10.0. The average Bonchev–Trinajstić information content (AvgIpc) is 3.16. The number of rotatable bonds is 3. The van der Waals surface area contributed by atoms with Crippen molar-refractivity contribution in [1.82, 2.24) is 9.88 Å². The summed E-state index contributed by atoms with van der Waals surface area (Å²) in [4.78, 5) is 19.8. The van der Waals surface area contributed by atoms with Crippen molar-refractivity contribution in [1.29, 1.82) is 0 Å². The van der Waals surface area contributed by atoms with E-state index >= 15 is 0 Å². The molecule has 4 nitrogen and oxygen atoms in total. The number of amides is 1. The standard InChI is InChI=1S/C21H19ClN2O2/c22-15-8-9-19-17(11-15)18(21(26)24-10-4-7-16(24)13-25)12-20(23-19)14-5-2-1-3-6-14/h1-3,5-6,8-9,11-12,16,25H,4,7,10,13H2/t16-/m0/s1. The zero-order valence-electron chi connectivity index (χ0n) is 14.2. The normalized spacial score (nSPS) is 17.0. The number of hydrogen-bond donors (Lipinski definition) is 1.